The average Bonchev–Trinajstić information content (AvgIpc) is 4.02. The van der Waals surface area contributed by atoms with Gasteiger partial charge >= 0.3 is 5.97 Å². The number of tetrazole rings is 1. The fourth-order valence-electron chi connectivity index (χ4n) is 6.27. The van der Waals surface area contributed by atoms with Crippen LogP contribution in [0, 0.1) is 10.9 Å². The number of rotatable bonds is 8. The number of para-hydroxylation sites is 2. The highest BCUT2D eigenvalue weighted by molar-refractivity contribution is 7.10. The maximum Gasteiger partial charge on any atom is 0.337 e. The zero-order valence-corrected chi connectivity index (χ0v) is 35.7. The SMILES string of the molecule is C[C@@H]1CC[C@@H](c2nc(C(C)(C)O)cs2)CN1.C[C@@H]1CC[C@@H](c2nc(C(C)(C)O)cs2)CN1C(=O)c1ccccc1-n1ncnn1.N=CN=N.Nc1ccccc1C(=O)O. The third-order valence-corrected chi connectivity index (χ3v) is 11.8. The zero-order chi connectivity index (χ0) is 43.3. The molecule has 0 spiro atoms. The van der Waals surface area contributed by atoms with Gasteiger partial charge in [0.05, 0.1) is 32.5 Å². The second kappa shape index (κ2) is 21.1. The molecule has 59 heavy (non-hydrogen) atoms. The van der Waals surface area contributed by atoms with Crippen molar-refractivity contribution in [1.29, 1.82) is 10.9 Å². The van der Waals surface area contributed by atoms with Gasteiger partial charge in [0.1, 0.15) is 23.2 Å². The molecule has 8 N–H and O–H groups in total. The number of piperidine rings is 2. The summed E-state index contributed by atoms with van der Waals surface area (Å²) in [5.41, 5.74) is 12.5. The van der Waals surface area contributed by atoms with Crippen LogP contribution in [0.2, 0.25) is 0 Å². The number of likely N-dealkylation sites (tertiary alicyclic amines) is 1. The van der Waals surface area contributed by atoms with Crippen LogP contribution < -0.4 is 11.1 Å². The minimum atomic E-state index is -0.988. The summed E-state index contributed by atoms with van der Waals surface area (Å²) in [6, 6.07) is 14.4. The normalized spacial score (nSPS) is 19.1. The van der Waals surface area contributed by atoms with E-state index in [-0.39, 0.29) is 23.4 Å². The minimum Gasteiger partial charge on any atom is -0.478 e. The van der Waals surface area contributed by atoms with Crippen LogP contribution in [-0.2, 0) is 11.2 Å². The van der Waals surface area contributed by atoms with Gasteiger partial charge < -0.3 is 31.3 Å². The summed E-state index contributed by atoms with van der Waals surface area (Å²) in [7, 11) is 0. The number of carbonyl (C=O) groups excluding carboxylic acids is 1. The third kappa shape index (κ3) is 13.1. The summed E-state index contributed by atoms with van der Waals surface area (Å²) in [6.45, 7) is 13.0. The number of aromatic nitrogens is 6. The van der Waals surface area contributed by atoms with Gasteiger partial charge in [-0.15, -0.1) is 42.8 Å². The number of hydrogen-bond donors (Lipinski definition) is 7. The van der Waals surface area contributed by atoms with Crippen molar-refractivity contribution >= 4 is 46.6 Å². The van der Waals surface area contributed by atoms with Gasteiger partial charge in [-0.05, 0) is 96.7 Å². The smallest absolute Gasteiger partial charge is 0.337 e. The summed E-state index contributed by atoms with van der Waals surface area (Å²) < 4.78 is 0. The molecule has 3 aromatic heterocycles. The van der Waals surface area contributed by atoms with Crippen molar-refractivity contribution in [2.24, 2.45) is 5.11 Å². The second-order valence-corrected chi connectivity index (χ2v) is 17.1. The Bertz CT molecular complexity index is 2110. The van der Waals surface area contributed by atoms with Gasteiger partial charge in [0.2, 0.25) is 0 Å². The highest BCUT2D eigenvalue weighted by Crippen LogP contribution is 2.35. The first-order valence-corrected chi connectivity index (χ1v) is 20.9. The van der Waals surface area contributed by atoms with Crippen molar-refractivity contribution in [3.8, 4) is 5.69 Å². The minimum absolute atomic E-state index is 0.0469. The molecule has 2 aromatic carbocycles. The summed E-state index contributed by atoms with van der Waals surface area (Å²) in [5, 5.41) is 58.3. The number of carboxylic acids is 1. The molecule has 0 bridgehead atoms. The van der Waals surface area contributed by atoms with Crippen LogP contribution in [0.3, 0.4) is 0 Å². The number of anilines is 1. The Morgan fingerprint density at radius 1 is 0.898 bits per heavy atom. The molecule has 0 unspecified atom stereocenters. The summed E-state index contributed by atoms with van der Waals surface area (Å²) in [6.07, 6.45) is 6.30. The maximum absolute atomic E-state index is 13.4. The van der Waals surface area contributed by atoms with Crippen molar-refractivity contribution in [2.75, 3.05) is 18.8 Å². The third-order valence-electron chi connectivity index (χ3n) is 9.75. The number of nitrogens with one attached hydrogen (secondary N) is 3. The van der Waals surface area contributed by atoms with E-state index in [0.29, 0.717) is 47.5 Å². The van der Waals surface area contributed by atoms with Crippen LogP contribution >= 0.6 is 22.7 Å². The Balaban J connectivity index is 0.000000213. The van der Waals surface area contributed by atoms with E-state index in [1.54, 1.807) is 74.6 Å². The molecular weight excluding hydrogens is 793 g/mol. The number of hydrogen-bond acceptors (Lipinski definition) is 15. The van der Waals surface area contributed by atoms with Gasteiger partial charge in [-0.2, -0.15) is 0 Å². The lowest BCUT2D eigenvalue weighted by Gasteiger charge is -2.37. The number of aliphatic hydroxyl groups is 2. The molecule has 316 valence electrons. The first-order valence-electron chi connectivity index (χ1n) is 19.1. The van der Waals surface area contributed by atoms with Crippen molar-refractivity contribution in [3.63, 3.8) is 0 Å². The van der Waals surface area contributed by atoms with E-state index in [4.69, 9.17) is 21.8 Å². The summed E-state index contributed by atoms with van der Waals surface area (Å²) in [5.74, 6) is -0.349. The standard InChI is InChI=1S/C20H24N6O2S.C12H20N2OS.C7H7NO2.CH3N3/c1-13-8-9-14(18-23-17(11-29-18)20(2,3)28)10-25(13)19(27)15-6-4-5-7-16(15)26-22-12-21-24-26;1-8-4-5-9(6-13-8)11-14-10(7-16-11)12(2,3)15;8-6-4-2-1-3-5(6)7(9)10;2-1-4-3/h4-7,11-14,28H,8-10H2,1-3H3;7-9,13,15H,4-6H2,1-3H3;1-4H,8H2,(H,9,10);1-3H/t13-,14-;8-,9-;;/m11../s1. The first-order chi connectivity index (χ1) is 27.9. The molecule has 0 aliphatic carbocycles. The molecule has 5 aromatic rings. The predicted molar refractivity (Wildman–Crippen MR) is 228 cm³/mol. The van der Waals surface area contributed by atoms with E-state index in [2.05, 4.69) is 49.7 Å². The molecule has 17 nitrogen and oxygen atoms in total. The molecule has 2 aliphatic rings. The fourth-order valence-corrected chi connectivity index (χ4v) is 8.49. The molecule has 0 saturated carbocycles. The van der Waals surface area contributed by atoms with Crippen LogP contribution in [0.15, 0.2) is 70.7 Å². The van der Waals surface area contributed by atoms with E-state index in [1.807, 2.05) is 33.9 Å². The van der Waals surface area contributed by atoms with Gasteiger partial charge in [-0.1, -0.05) is 24.3 Å². The van der Waals surface area contributed by atoms with Gasteiger partial charge in [-0.3, -0.25) is 10.2 Å². The van der Waals surface area contributed by atoms with Crippen molar-refractivity contribution in [2.45, 2.75) is 102 Å². The summed E-state index contributed by atoms with van der Waals surface area (Å²) >= 11 is 3.23. The van der Waals surface area contributed by atoms with Crippen LogP contribution in [0.1, 0.15) is 121 Å². The molecule has 7 rings (SSSR count). The van der Waals surface area contributed by atoms with Crippen LogP contribution in [0.25, 0.3) is 5.69 Å². The van der Waals surface area contributed by atoms with E-state index < -0.39 is 17.2 Å². The lowest BCUT2D eigenvalue weighted by Crippen LogP contribution is -2.45. The van der Waals surface area contributed by atoms with Crippen LogP contribution in [-0.4, -0.2) is 93.8 Å². The number of amides is 1. The van der Waals surface area contributed by atoms with Crippen LogP contribution in [0.5, 0.6) is 0 Å². The number of benzene rings is 2. The molecule has 1 amide bonds. The monoisotopic (exact) mass is 846 g/mol. The number of carbonyl (C=O) groups is 2. The number of carboxylic acid groups (broad SMARTS) is 1. The molecule has 19 heteroatoms. The van der Waals surface area contributed by atoms with E-state index in [0.717, 1.165) is 35.1 Å². The number of nitrogens with zero attached hydrogens (tertiary/aromatic N) is 8. The largest absolute Gasteiger partial charge is 0.478 e. The van der Waals surface area contributed by atoms with E-state index >= 15 is 0 Å². The first kappa shape index (κ1) is 46.4. The summed E-state index contributed by atoms with van der Waals surface area (Å²) in [4.78, 5) is 36.3. The van der Waals surface area contributed by atoms with Gasteiger partial charge in [0.25, 0.3) is 5.91 Å². The van der Waals surface area contributed by atoms with Gasteiger partial charge in [0.15, 0.2) is 6.33 Å². The fraction of sp³-hybridized carbons (Fsp3) is 0.450. The number of aromatic carboxylic acids is 1. The molecule has 2 fully saturated rings. The average molecular weight is 847 g/mol. The molecule has 5 heterocycles. The highest BCUT2D eigenvalue weighted by atomic mass is 32.1. The topological polar surface area (TPSA) is 266 Å². The number of nitrogen functional groups attached to an aromatic ring is 1. The Morgan fingerprint density at radius 2 is 1.46 bits per heavy atom. The van der Waals surface area contributed by atoms with E-state index in [9.17, 15) is 19.8 Å². The maximum atomic E-state index is 13.4. The molecule has 2 aliphatic heterocycles. The van der Waals surface area contributed by atoms with Gasteiger partial charge in [0, 0.05) is 53.5 Å². The Hall–Kier alpha value is -5.34. The highest BCUT2D eigenvalue weighted by Gasteiger charge is 2.34. The van der Waals surface area contributed by atoms with Crippen molar-refractivity contribution in [1.82, 2.24) is 40.4 Å². The van der Waals surface area contributed by atoms with Crippen molar-refractivity contribution in [3.05, 3.63) is 98.1 Å². The molecule has 0 radical (unpaired) electrons. The Kier molecular flexibility index (Phi) is 16.6. The lowest BCUT2D eigenvalue weighted by atomic mass is 9.93. The Morgan fingerprint density at radius 3 is 1.93 bits per heavy atom. The number of nitrogens with two attached hydrogens (primary N) is 1. The molecule has 2 saturated heterocycles. The predicted octanol–water partition coefficient (Wildman–Crippen LogP) is 6.57. The van der Waals surface area contributed by atoms with Gasteiger partial charge in [-0.25, -0.2) is 20.3 Å². The quantitative estimate of drug-likeness (QED) is 0.0378. The zero-order valence-electron chi connectivity index (χ0n) is 34.1. The van der Waals surface area contributed by atoms with E-state index in [1.165, 1.54) is 30.0 Å². The van der Waals surface area contributed by atoms with Crippen molar-refractivity contribution < 1.29 is 24.9 Å². The lowest BCUT2D eigenvalue weighted by molar-refractivity contribution is 0.0603. The van der Waals surface area contributed by atoms with Crippen LogP contribution in [0.4, 0.5) is 5.69 Å². The Labute approximate surface area is 351 Å². The number of thiazole rings is 2. The molecular formula is C40H54N12O5S2. The second-order valence-electron chi connectivity index (χ2n) is 15.3. The molecule has 4 atom stereocenters.